The quantitative estimate of drug-likeness (QED) is 0.0384. The largest absolute Gasteiger partial charge is 0.480 e. The Labute approximate surface area is 362 Å². The van der Waals surface area contributed by atoms with E-state index in [1.165, 1.54) is 0 Å². The van der Waals surface area contributed by atoms with Crippen LogP contribution in [0.2, 0.25) is 0 Å². The van der Waals surface area contributed by atoms with Crippen molar-refractivity contribution in [2.75, 3.05) is 179 Å². The summed E-state index contributed by atoms with van der Waals surface area (Å²) in [4.78, 5) is 44.9. The van der Waals surface area contributed by atoms with Crippen LogP contribution >= 0.6 is 0 Å². The predicted octanol–water partition coefficient (Wildman–Crippen LogP) is -0.434. The van der Waals surface area contributed by atoms with Crippen LogP contribution in [0, 0.1) is 0 Å². The Bertz CT molecular complexity index is 992. The Morgan fingerprint density at radius 3 is 1.13 bits per heavy atom. The summed E-state index contributed by atoms with van der Waals surface area (Å²) in [5, 5.41) is 19.8. The summed E-state index contributed by atoms with van der Waals surface area (Å²) in [5.41, 5.74) is 0. The summed E-state index contributed by atoms with van der Waals surface area (Å²) in [6, 6.07) is -0.584. The molecule has 0 aromatic heterocycles. The maximum absolute atomic E-state index is 11.8. The van der Waals surface area contributed by atoms with Crippen LogP contribution in [0.15, 0.2) is 0 Å². The number of carboxylic acids is 1. The van der Waals surface area contributed by atoms with Crippen LogP contribution in [0.4, 0.5) is 0 Å². The van der Waals surface area contributed by atoms with Gasteiger partial charge in [0, 0.05) is 32.0 Å². The molecule has 0 heterocycles. The number of hydrogen-bond acceptors (Lipinski definition) is 17. The van der Waals surface area contributed by atoms with Crippen LogP contribution in [0.3, 0.4) is 0 Å². The van der Waals surface area contributed by atoms with Crippen molar-refractivity contribution < 1.29 is 81.1 Å². The van der Waals surface area contributed by atoms with Crippen molar-refractivity contribution in [3.05, 3.63) is 0 Å². The lowest BCUT2D eigenvalue weighted by molar-refractivity contribution is -0.140. The monoisotopic (exact) mass is 887 g/mol. The van der Waals surface area contributed by atoms with E-state index in [1.807, 2.05) is 7.05 Å². The Balaban J connectivity index is 3.18. The van der Waals surface area contributed by atoms with E-state index in [2.05, 4.69) is 28.2 Å². The zero-order valence-corrected chi connectivity index (χ0v) is 36.8. The van der Waals surface area contributed by atoms with E-state index < -0.39 is 12.0 Å². The molecule has 0 saturated carbocycles. The van der Waals surface area contributed by atoms with Gasteiger partial charge in [0.1, 0.15) is 6.04 Å². The van der Waals surface area contributed by atoms with Crippen LogP contribution in [0.5, 0.6) is 0 Å². The molecule has 21 nitrogen and oxygen atoms in total. The van der Waals surface area contributed by atoms with Crippen molar-refractivity contribution in [1.82, 2.24) is 21.3 Å². The zero-order valence-electron chi connectivity index (χ0n) is 36.8. The van der Waals surface area contributed by atoms with Crippen LogP contribution in [0.25, 0.3) is 0 Å². The number of aliphatic carboxylic acids is 1. The Hall–Kier alpha value is -2.64. The molecule has 3 amide bonds. The number of carboxylic acid groups (broad SMARTS) is 1. The first-order valence-corrected chi connectivity index (χ1v) is 21.5. The zero-order chi connectivity index (χ0) is 44.5. The highest BCUT2D eigenvalue weighted by molar-refractivity contribution is 5.79. The van der Waals surface area contributed by atoms with Crippen molar-refractivity contribution in [2.45, 2.75) is 57.5 Å². The molecule has 5 N–H and O–H groups in total. The number of nitrogens with one attached hydrogen (secondary N) is 4. The van der Waals surface area contributed by atoms with Crippen LogP contribution in [-0.2, 0) is 76.0 Å². The second kappa shape index (κ2) is 48.4. The van der Waals surface area contributed by atoms with E-state index in [4.69, 9.17) is 61.9 Å². The lowest BCUT2D eigenvalue weighted by Gasteiger charge is -2.11. The molecule has 0 rings (SSSR count). The highest BCUT2D eigenvalue weighted by atomic mass is 16.6. The van der Waals surface area contributed by atoms with Crippen LogP contribution < -0.4 is 21.3 Å². The molecule has 360 valence electrons. The fourth-order valence-corrected chi connectivity index (χ4v) is 4.71. The molecule has 0 radical (unpaired) electrons. The third-order valence-electron chi connectivity index (χ3n) is 8.24. The number of unbranched alkanes of at least 4 members (excludes halogenated alkanes) is 1. The summed E-state index contributed by atoms with van der Waals surface area (Å²) >= 11 is 0. The second-order valence-electron chi connectivity index (χ2n) is 13.2. The summed E-state index contributed by atoms with van der Waals surface area (Å²) in [7, 11) is 1.96. The van der Waals surface area contributed by atoms with Crippen molar-refractivity contribution in [3.8, 4) is 0 Å². The Kier molecular flexibility index (Phi) is 46.3. The van der Waals surface area contributed by atoms with Gasteiger partial charge in [0.05, 0.1) is 159 Å². The summed E-state index contributed by atoms with van der Waals surface area (Å²) in [5.74, 6) is -1.49. The average molecular weight is 887 g/mol. The van der Waals surface area contributed by atoms with Crippen LogP contribution in [-0.4, -0.2) is 220 Å². The van der Waals surface area contributed by atoms with Gasteiger partial charge in [-0.15, -0.1) is 0 Å². The molecule has 2 unspecified atom stereocenters. The van der Waals surface area contributed by atoms with Gasteiger partial charge in [-0.25, -0.2) is 4.79 Å². The Morgan fingerprint density at radius 1 is 0.459 bits per heavy atom. The highest BCUT2D eigenvalue weighted by Gasteiger charge is 2.17. The molecule has 0 aliphatic carbocycles. The lowest BCUT2D eigenvalue weighted by atomic mass is 10.1. The van der Waals surface area contributed by atoms with E-state index in [0.29, 0.717) is 184 Å². The van der Waals surface area contributed by atoms with Gasteiger partial charge in [0.15, 0.2) is 0 Å². The second-order valence-corrected chi connectivity index (χ2v) is 13.2. The molecule has 0 saturated heterocycles. The number of carbonyl (C=O) groups excluding carboxylic acids is 3. The third kappa shape index (κ3) is 46.7. The fourth-order valence-electron chi connectivity index (χ4n) is 4.71. The molecule has 2 atom stereocenters. The molecular weight excluding hydrogens is 808 g/mol. The minimum absolute atomic E-state index is 0.00444. The van der Waals surface area contributed by atoms with Crippen LogP contribution in [0.1, 0.15) is 45.4 Å². The number of carbonyl (C=O) groups is 4. The maximum Gasteiger partial charge on any atom is 0.326 e. The predicted molar refractivity (Wildman–Crippen MR) is 223 cm³/mol. The van der Waals surface area contributed by atoms with E-state index in [1.54, 1.807) is 0 Å². The number of ether oxygens (including phenoxy) is 12. The molecule has 0 fully saturated rings. The molecule has 61 heavy (non-hydrogen) atoms. The molecular formula is C40H78N4O17. The number of hydrogen-bond donors (Lipinski definition) is 5. The summed E-state index contributed by atoms with van der Waals surface area (Å²) in [6.45, 7) is 13.7. The molecule has 0 spiro atoms. The van der Waals surface area contributed by atoms with Gasteiger partial charge in [0.2, 0.25) is 18.2 Å². The van der Waals surface area contributed by atoms with Gasteiger partial charge in [0.25, 0.3) is 0 Å². The minimum Gasteiger partial charge on any atom is -0.480 e. The standard InChI is InChI=1S/C40H78N4O17/c1-36(41-2)5-3-4-9-42-39(47)8-11-50-13-15-52-17-19-54-21-23-56-25-27-58-29-31-60-33-34-61-32-30-59-28-26-57-24-22-55-20-18-53-16-14-51-12-10-43-38(46)7-6-37(40(48)49)44-35-45/h35-37,41H,3-34H2,1-2H3,(H,42,47)(H,43,46)(H,44,45)(H,48,49). The molecule has 0 bridgehead atoms. The topological polar surface area (TPSA) is 247 Å². The SMILES string of the molecule is CNC(C)CCCCNC(=O)CCOCCOCCOCCOCCOCCOCCOCCOCCOCCOCCOCCOCCNC(=O)CCC(NC=O)C(=O)O. The molecule has 0 aliphatic rings. The van der Waals surface area contributed by atoms with Gasteiger partial charge in [-0.2, -0.15) is 0 Å². The van der Waals surface area contributed by atoms with E-state index in [0.717, 1.165) is 19.3 Å². The molecule has 0 aromatic carbocycles. The lowest BCUT2D eigenvalue weighted by Crippen LogP contribution is -2.37. The first kappa shape index (κ1) is 58.4. The van der Waals surface area contributed by atoms with Crippen molar-refractivity contribution >= 4 is 24.2 Å². The maximum atomic E-state index is 11.8. The highest BCUT2D eigenvalue weighted by Crippen LogP contribution is 1.99. The molecule has 0 aliphatic heterocycles. The first-order valence-electron chi connectivity index (χ1n) is 21.5. The number of amides is 3. The van der Waals surface area contributed by atoms with Crippen molar-refractivity contribution in [1.29, 1.82) is 0 Å². The number of rotatable bonds is 51. The van der Waals surface area contributed by atoms with Gasteiger partial charge < -0.3 is 83.2 Å². The minimum atomic E-state index is -1.19. The van der Waals surface area contributed by atoms with Gasteiger partial charge in [-0.3, -0.25) is 14.4 Å². The Morgan fingerprint density at radius 2 is 0.787 bits per heavy atom. The van der Waals surface area contributed by atoms with Crippen molar-refractivity contribution in [2.24, 2.45) is 0 Å². The van der Waals surface area contributed by atoms with E-state index >= 15 is 0 Å². The van der Waals surface area contributed by atoms with E-state index in [-0.39, 0.29) is 31.2 Å². The van der Waals surface area contributed by atoms with E-state index in [9.17, 15) is 19.2 Å². The average Bonchev–Trinajstić information content (AvgIpc) is 3.25. The molecule has 21 heteroatoms. The van der Waals surface area contributed by atoms with Crippen molar-refractivity contribution in [3.63, 3.8) is 0 Å². The normalized spacial score (nSPS) is 12.3. The van der Waals surface area contributed by atoms with Gasteiger partial charge >= 0.3 is 5.97 Å². The summed E-state index contributed by atoms with van der Waals surface area (Å²) in [6.07, 6.45) is 3.81. The third-order valence-corrected chi connectivity index (χ3v) is 8.24. The van der Waals surface area contributed by atoms with Gasteiger partial charge in [-0.1, -0.05) is 6.42 Å². The summed E-state index contributed by atoms with van der Waals surface area (Å²) < 4.78 is 65.5. The van der Waals surface area contributed by atoms with Gasteiger partial charge in [-0.05, 0) is 33.2 Å². The molecule has 0 aromatic rings. The fraction of sp³-hybridized carbons (Fsp3) is 0.900. The first-order chi connectivity index (χ1) is 29.9. The smallest absolute Gasteiger partial charge is 0.326 e.